The van der Waals surface area contributed by atoms with E-state index in [1.807, 2.05) is 6.92 Å². The van der Waals surface area contributed by atoms with E-state index in [0.29, 0.717) is 36.1 Å². The Labute approximate surface area is 294 Å². The number of fused-ring (bicyclic) bond motifs is 5. The van der Waals surface area contributed by atoms with Gasteiger partial charge in [-0.2, -0.15) is 5.11 Å². The van der Waals surface area contributed by atoms with Crippen molar-refractivity contribution in [2.45, 2.75) is 167 Å². The van der Waals surface area contributed by atoms with Crippen molar-refractivity contribution in [2.75, 3.05) is 6.61 Å². The van der Waals surface area contributed by atoms with Crippen molar-refractivity contribution >= 4 is 36.7 Å². The lowest BCUT2D eigenvalue weighted by Gasteiger charge is -2.61. The number of hydrogen-bond acceptors (Lipinski definition) is 8. The van der Waals surface area contributed by atoms with E-state index in [1.165, 1.54) is 6.92 Å². The second kappa shape index (κ2) is 12.8. The van der Waals surface area contributed by atoms with Gasteiger partial charge in [0.15, 0.2) is 22.4 Å². The van der Waals surface area contributed by atoms with Crippen LogP contribution in [0.25, 0.3) is 0 Å². The normalized spacial score (nSPS) is 35.0. The lowest BCUT2D eigenvalue weighted by Crippen LogP contribution is -2.71. The third-order valence-electron chi connectivity index (χ3n) is 11.5. The van der Waals surface area contributed by atoms with Crippen LogP contribution in [-0.4, -0.2) is 65.8 Å². The van der Waals surface area contributed by atoms with Crippen molar-refractivity contribution in [1.82, 2.24) is 0 Å². The van der Waals surface area contributed by atoms with E-state index in [9.17, 15) is 9.59 Å². The van der Waals surface area contributed by atoms with Crippen molar-refractivity contribution < 1.29 is 27.6 Å². The van der Waals surface area contributed by atoms with Gasteiger partial charge in [0.2, 0.25) is 14.0 Å². The van der Waals surface area contributed by atoms with Crippen LogP contribution >= 0.6 is 0 Å². The zero-order chi connectivity index (χ0) is 36.6. The minimum absolute atomic E-state index is 0.0594. The molecule has 11 heteroatoms. The molecule has 4 aliphatic rings. The molecule has 0 amide bonds. The Morgan fingerprint density at radius 2 is 1.46 bits per heavy atom. The molecule has 1 heterocycles. The zero-order valence-corrected chi connectivity index (χ0v) is 36.2. The third-order valence-corrected chi connectivity index (χ3v) is 19.5. The predicted molar refractivity (Wildman–Crippen MR) is 200 cm³/mol. The number of Topliss-reactive ketones (excluding diaryl/α,β-unsaturated/α-hetero) is 1. The largest absolute Gasteiger partial charge is 0.435 e. The number of rotatable bonds is 11. The summed E-state index contributed by atoms with van der Waals surface area (Å²) in [4.78, 5) is 27.6. The summed E-state index contributed by atoms with van der Waals surface area (Å²) in [5.74, 6) is -1.40. The highest BCUT2D eigenvalue weighted by molar-refractivity contribution is 6.77. The molecule has 8 nitrogen and oxygen atoms in total. The van der Waals surface area contributed by atoms with Gasteiger partial charge in [0.25, 0.3) is 0 Å². The number of ketones is 1. The number of esters is 1. The molecule has 0 unspecified atom stereocenters. The van der Waals surface area contributed by atoms with Crippen molar-refractivity contribution in [3.05, 3.63) is 23.3 Å². The van der Waals surface area contributed by atoms with Gasteiger partial charge in [0, 0.05) is 31.6 Å². The van der Waals surface area contributed by atoms with Crippen LogP contribution in [0.4, 0.5) is 0 Å². The van der Waals surface area contributed by atoms with Crippen LogP contribution in [-0.2, 0) is 27.6 Å². The maximum Gasteiger partial charge on any atom is 0.304 e. The second-order valence-electron chi connectivity index (χ2n) is 18.8. The summed E-state index contributed by atoms with van der Waals surface area (Å²) >= 11 is 0. The van der Waals surface area contributed by atoms with Crippen LogP contribution in [0.2, 0.25) is 55.9 Å². The molecule has 0 saturated heterocycles. The number of ether oxygens (including phenoxy) is 1. The fourth-order valence-corrected chi connectivity index (χ4v) is 19.0. The first-order valence-electron chi connectivity index (χ1n) is 18.3. The van der Waals surface area contributed by atoms with Gasteiger partial charge in [0.1, 0.15) is 5.60 Å². The van der Waals surface area contributed by atoms with Gasteiger partial charge in [-0.15, -0.1) is 5.11 Å². The van der Waals surface area contributed by atoms with Crippen molar-refractivity contribution in [3.8, 4) is 0 Å². The lowest BCUT2D eigenvalue weighted by atomic mass is 9.52. The van der Waals surface area contributed by atoms with E-state index in [1.54, 1.807) is 0 Å². The summed E-state index contributed by atoms with van der Waals surface area (Å²) in [6.45, 7) is 37.3. The van der Waals surface area contributed by atoms with E-state index in [-0.39, 0.29) is 35.4 Å². The van der Waals surface area contributed by atoms with Crippen molar-refractivity contribution in [2.24, 2.45) is 33.9 Å². The molecule has 0 radical (unpaired) electrons. The number of nitrogens with zero attached hydrogens (tertiary/aromatic N) is 2. The quantitative estimate of drug-likeness (QED) is 0.120. The minimum atomic E-state index is -2.30. The Kier molecular flexibility index (Phi) is 10.5. The van der Waals surface area contributed by atoms with Gasteiger partial charge in [-0.25, -0.2) is 0 Å². The minimum Gasteiger partial charge on any atom is -0.435 e. The number of hydrogen-bond donors (Lipinski definition) is 0. The van der Waals surface area contributed by atoms with E-state index in [4.69, 9.17) is 28.2 Å². The predicted octanol–water partition coefficient (Wildman–Crippen LogP) is 9.61. The molecule has 48 heavy (non-hydrogen) atoms. The molecule has 0 bridgehead atoms. The second-order valence-corrected chi connectivity index (χ2v) is 33.2. The molecule has 0 aromatic heterocycles. The highest BCUT2D eigenvalue weighted by atomic mass is 28.4. The highest BCUT2D eigenvalue weighted by Gasteiger charge is 2.74. The van der Waals surface area contributed by atoms with E-state index < -0.39 is 47.4 Å². The maximum absolute atomic E-state index is 14.8. The molecule has 0 spiro atoms. The van der Waals surface area contributed by atoms with Crippen LogP contribution in [0.3, 0.4) is 0 Å². The van der Waals surface area contributed by atoms with Crippen LogP contribution in [0.15, 0.2) is 33.5 Å². The fourth-order valence-electron chi connectivity index (χ4n) is 10.6. The van der Waals surface area contributed by atoms with Crippen LogP contribution in [0, 0.1) is 23.7 Å². The summed E-state index contributed by atoms with van der Waals surface area (Å²) in [5, 5.41) is 9.67. The van der Waals surface area contributed by atoms with Gasteiger partial charge in [-0.1, -0.05) is 60.6 Å². The van der Waals surface area contributed by atoms with Crippen molar-refractivity contribution in [1.29, 1.82) is 0 Å². The molecule has 0 N–H and O–H groups in total. The van der Waals surface area contributed by atoms with E-state index >= 15 is 0 Å². The number of azo groups is 1. The topological polar surface area (TPSA) is 95.8 Å². The van der Waals surface area contributed by atoms with E-state index in [0.717, 1.165) is 11.1 Å². The molecular formula is C37H66N2O6Si3. The molecule has 0 aromatic rings. The first kappa shape index (κ1) is 39.5. The van der Waals surface area contributed by atoms with Gasteiger partial charge in [-0.3, -0.25) is 9.59 Å². The summed E-state index contributed by atoms with van der Waals surface area (Å²) in [6.07, 6.45) is 5.43. The molecular weight excluding hydrogens is 653 g/mol. The van der Waals surface area contributed by atoms with Gasteiger partial charge >= 0.3 is 5.97 Å². The Balaban J connectivity index is 2.09. The Morgan fingerprint density at radius 3 is 1.94 bits per heavy atom. The summed E-state index contributed by atoms with van der Waals surface area (Å²) < 4.78 is 28.5. The smallest absolute Gasteiger partial charge is 0.304 e. The Morgan fingerprint density at radius 1 is 0.917 bits per heavy atom. The molecule has 272 valence electrons. The molecule has 1 saturated carbocycles. The molecule has 3 aliphatic carbocycles. The molecule has 1 fully saturated rings. The number of carbonyl (C=O) groups is 2. The summed E-state index contributed by atoms with van der Waals surface area (Å²) in [6, 6.07) is 0. The highest BCUT2D eigenvalue weighted by Crippen LogP contribution is 2.66. The standard InChI is InChI=1S/C37H66N2O6Si3/c1-23(2)48(24(3)4,25(5)6)42-22-29-19-30-32-34(10,11)38-39-36(32,43-28(9)40)20-27(8)37(30,45-47(15,16)17)31-18-26(7)33(41)35(31,21-29)44-46(12,13)14/h18-19,23-25,27,30-32H,20-22H2,1-17H3/t27-,30+,31-,32-,35-,36+,37-/m1/s1. The first-order chi connectivity index (χ1) is 21.7. The molecule has 7 atom stereocenters. The van der Waals surface area contributed by atoms with Gasteiger partial charge < -0.3 is 18.0 Å². The molecule has 4 rings (SSSR count). The molecule has 1 aliphatic heterocycles. The monoisotopic (exact) mass is 718 g/mol. The maximum atomic E-state index is 14.8. The van der Waals surface area contributed by atoms with E-state index in [2.05, 4.69) is 114 Å². The van der Waals surface area contributed by atoms with Gasteiger partial charge in [-0.05, 0) is 93.7 Å². The van der Waals surface area contributed by atoms with Crippen LogP contribution < -0.4 is 0 Å². The van der Waals surface area contributed by atoms with Gasteiger partial charge in [0.05, 0.1) is 23.7 Å². The SMILES string of the molecule is CC(=O)O[C@@]12C[C@@H](C)[C@@]3(O[Si](C)(C)C)[C@@H](C=C(CO[Si](C(C)C)(C(C)C)C(C)C)C[C@]4(O[Si](C)(C)C)C(=O)C(C)=C[C@@H]34)[C@@H]1C(C)(C)N=N2. The van der Waals surface area contributed by atoms with Crippen LogP contribution in [0.5, 0.6) is 0 Å². The Bertz CT molecular complexity index is 1350. The summed E-state index contributed by atoms with van der Waals surface area (Å²) in [7, 11) is -6.86. The lowest BCUT2D eigenvalue weighted by molar-refractivity contribution is -0.217. The molecule has 0 aromatic carbocycles. The van der Waals surface area contributed by atoms with Crippen molar-refractivity contribution in [3.63, 3.8) is 0 Å². The zero-order valence-electron chi connectivity index (χ0n) is 33.2. The summed E-state index contributed by atoms with van der Waals surface area (Å²) in [5.41, 5.74) is -0.712. The number of carbonyl (C=O) groups excluding carboxylic acids is 2. The fraction of sp³-hybridized carbons (Fsp3) is 0.838. The average molecular weight is 719 g/mol. The average Bonchev–Trinajstić information content (AvgIpc) is 3.23. The Hall–Kier alpha value is -1.25. The third kappa shape index (κ3) is 6.51. The first-order valence-corrected chi connectivity index (χ1v) is 27.3. The van der Waals surface area contributed by atoms with Crippen LogP contribution in [0.1, 0.15) is 89.0 Å².